The van der Waals surface area contributed by atoms with Gasteiger partial charge in [0.05, 0.1) is 4.58 Å². The number of hydrogen-bond donors (Lipinski definition) is 0. The zero-order valence-corrected chi connectivity index (χ0v) is 18.7. The molecule has 0 spiro atoms. The maximum atomic E-state index is 5.95. The summed E-state index contributed by atoms with van der Waals surface area (Å²) in [5.41, 5.74) is 2.53. The van der Waals surface area contributed by atoms with E-state index in [2.05, 4.69) is 48.5 Å². The predicted octanol–water partition coefficient (Wildman–Crippen LogP) is 4.95. The first-order valence-corrected chi connectivity index (χ1v) is 12.1. The van der Waals surface area contributed by atoms with Crippen LogP contribution in [-0.2, 0) is 30.5 Å². The molecule has 2 saturated heterocycles. The van der Waals surface area contributed by atoms with E-state index in [1.807, 2.05) is 35.7 Å². The van der Waals surface area contributed by atoms with Gasteiger partial charge in [0.15, 0.2) is 18.3 Å². The second-order valence-electron chi connectivity index (χ2n) is 6.59. The maximum Gasteiger partial charge on any atom is 0.353 e. The van der Waals surface area contributed by atoms with E-state index in [1.165, 1.54) is 11.1 Å². The average Bonchev–Trinajstić information content (AvgIpc) is 3.35. The quantitative estimate of drug-likeness (QED) is 0.401. The summed E-state index contributed by atoms with van der Waals surface area (Å²) < 4.78 is 22.8. The third kappa shape index (κ3) is 5.57. The van der Waals surface area contributed by atoms with Crippen LogP contribution in [0, 0.1) is 0 Å². The van der Waals surface area contributed by atoms with Gasteiger partial charge in [-0.25, -0.2) is 0 Å². The molecule has 2 aromatic carbocycles. The molecule has 0 radical (unpaired) electrons. The number of ether oxygens (including phenoxy) is 4. The van der Waals surface area contributed by atoms with Crippen LogP contribution in [0.5, 0.6) is 0 Å². The summed E-state index contributed by atoms with van der Waals surface area (Å²) in [6, 6.07) is 20.8. The Labute approximate surface area is 189 Å². The zero-order chi connectivity index (χ0) is 20.1. The number of thioether (sulfide) groups is 2. The van der Waals surface area contributed by atoms with Crippen LogP contribution < -0.4 is 0 Å². The van der Waals surface area contributed by atoms with Gasteiger partial charge in [-0.2, -0.15) is 0 Å². The van der Waals surface area contributed by atoms with Crippen molar-refractivity contribution in [3.8, 4) is 0 Å². The molecule has 0 unspecified atom stereocenters. The molecule has 0 saturated carbocycles. The van der Waals surface area contributed by atoms with Gasteiger partial charge in [0.1, 0.15) is 6.61 Å². The van der Waals surface area contributed by atoms with Gasteiger partial charge in [-0.15, -0.1) is 23.5 Å². The largest absolute Gasteiger partial charge is 0.453 e. The van der Waals surface area contributed by atoms with Gasteiger partial charge in [0.2, 0.25) is 0 Å². The van der Waals surface area contributed by atoms with Crippen LogP contribution in [0.15, 0.2) is 60.7 Å². The third-order valence-electron chi connectivity index (χ3n) is 4.55. The molecule has 2 aliphatic rings. The molecule has 29 heavy (non-hydrogen) atoms. The summed E-state index contributed by atoms with van der Waals surface area (Å²) in [5.74, 6) is 1.74. The van der Waals surface area contributed by atoms with Crippen molar-refractivity contribution in [1.29, 1.82) is 0 Å². The SMILES string of the molecule is S=C1OC[C@@H]([C@@H]2OC(=S)O[C@H]2C(SCc2ccccc2)SCc2ccccc2)O1. The van der Waals surface area contributed by atoms with Crippen molar-refractivity contribution in [3.05, 3.63) is 71.8 Å². The molecular weight excluding hydrogens is 444 g/mol. The molecule has 0 amide bonds. The highest BCUT2D eigenvalue weighted by Crippen LogP contribution is 2.39. The minimum absolute atomic E-state index is 0.0960. The number of thiocarbonyl (C=S) groups is 2. The topological polar surface area (TPSA) is 36.9 Å². The molecule has 2 aliphatic heterocycles. The summed E-state index contributed by atoms with van der Waals surface area (Å²) in [5, 5.41) is 0.313. The fourth-order valence-electron chi connectivity index (χ4n) is 3.13. The summed E-state index contributed by atoms with van der Waals surface area (Å²) in [4.78, 5) is 0. The molecule has 2 fully saturated rings. The minimum Gasteiger partial charge on any atom is -0.453 e. The summed E-state index contributed by atoms with van der Waals surface area (Å²) in [6.45, 7) is 0.353. The van der Waals surface area contributed by atoms with Gasteiger partial charge in [-0.3, -0.25) is 0 Å². The molecule has 2 aromatic rings. The second-order valence-corrected chi connectivity index (χ2v) is 9.82. The monoisotopic (exact) mass is 464 g/mol. The Morgan fingerprint density at radius 1 is 0.793 bits per heavy atom. The van der Waals surface area contributed by atoms with E-state index in [0.717, 1.165) is 11.5 Å². The Morgan fingerprint density at radius 2 is 1.38 bits per heavy atom. The molecule has 3 atom stereocenters. The third-order valence-corrected chi connectivity index (χ3v) is 7.97. The molecule has 0 aliphatic carbocycles. The van der Waals surface area contributed by atoms with Crippen molar-refractivity contribution >= 4 is 58.4 Å². The van der Waals surface area contributed by atoms with Crippen LogP contribution in [0.4, 0.5) is 0 Å². The van der Waals surface area contributed by atoms with Gasteiger partial charge in [-0.1, -0.05) is 60.7 Å². The van der Waals surface area contributed by atoms with Crippen molar-refractivity contribution in [2.24, 2.45) is 0 Å². The highest BCUT2D eigenvalue weighted by atomic mass is 32.2. The molecule has 152 valence electrons. The van der Waals surface area contributed by atoms with Crippen LogP contribution in [0.1, 0.15) is 11.1 Å². The van der Waals surface area contributed by atoms with Crippen LogP contribution in [0.25, 0.3) is 0 Å². The van der Waals surface area contributed by atoms with E-state index in [0.29, 0.717) is 6.61 Å². The molecule has 0 N–H and O–H groups in total. The van der Waals surface area contributed by atoms with Crippen molar-refractivity contribution in [2.45, 2.75) is 34.4 Å². The lowest BCUT2D eigenvalue weighted by Gasteiger charge is -2.26. The van der Waals surface area contributed by atoms with E-state index < -0.39 is 0 Å². The molecule has 2 heterocycles. The van der Waals surface area contributed by atoms with Crippen LogP contribution in [0.3, 0.4) is 0 Å². The van der Waals surface area contributed by atoms with Gasteiger partial charge in [-0.05, 0) is 11.1 Å². The lowest BCUT2D eigenvalue weighted by Crippen LogP contribution is -2.41. The first kappa shape index (κ1) is 20.8. The van der Waals surface area contributed by atoms with Crippen LogP contribution in [-0.4, -0.2) is 40.0 Å². The fourth-order valence-corrected chi connectivity index (χ4v) is 6.23. The van der Waals surface area contributed by atoms with Crippen molar-refractivity contribution in [1.82, 2.24) is 0 Å². The highest BCUT2D eigenvalue weighted by molar-refractivity contribution is 8.16. The first-order valence-electron chi connectivity index (χ1n) is 9.21. The van der Waals surface area contributed by atoms with Gasteiger partial charge in [0, 0.05) is 35.9 Å². The number of hydrogen-bond acceptors (Lipinski definition) is 8. The van der Waals surface area contributed by atoms with Crippen molar-refractivity contribution in [2.75, 3.05) is 6.61 Å². The van der Waals surface area contributed by atoms with Crippen molar-refractivity contribution in [3.63, 3.8) is 0 Å². The number of benzene rings is 2. The molecule has 0 bridgehead atoms. The Morgan fingerprint density at radius 3 is 1.90 bits per heavy atom. The van der Waals surface area contributed by atoms with Gasteiger partial charge < -0.3 is 18.9 Å². The molecule has 8 heteroatoms. The molecule has 0 aromatic heterocycles. The summed E-state index contributed by atoms with van der Waals surface area (Å²) >= 11 is 13.9. The zero-order valence-electron chi connectivity index (χ0n) is 15.5. The van der Waals surface area contributed by atoms with Gasteiger partial charge >= 0.3 is 10.5 Å². The van der Waals surface area contributed by atoms with E-state index in [1.54, 1.807) is 0 Å². The summed E-state index contributed by atoms with van der Waals surface area (Å²) in [7, 11) is 0. The van der Waals surface area contributed by atoms with Crippen LogP contribution in [0.2, 0.25) is 0 Å². The Kier molecular flexibility index (Phi) is 7.18. The highest BCUT2D eigenvalue weighted by Gasteiger charge is 2.48. The fraction of sp³-hybridized carbons (Fsp3) is 0.333. The first-order chi connectivity index (χ1) is 14.2. The molecule has 4 rings (SSSR count). The lowest BCUT2D eigenvalue weighted by atomic mass is 10.1. The minimum atomic E-state index is -0.348. The Hall–Kier alpha value is -1.48. The maximum absolute atomic E-state index is 5.95. The standard InChI is InChI=1S/C21H20O4S4/c26-20-22-11-16(23-20)17-18(25-21(27)24-17)19(28-12-14-7-3-1-4-8-14)29-13-15-9-5-2-6-10-15/h1-10,16-19H,11-13H2/t16-,17-,18+/m0/s1. The normalized spacial score (nSPS) is 23.4. The molecule has 4 nitrogen and oxygen atoms in total. The van der Waals surface area contributed by atoms with Crippen LogP contribution >= 0.6 is 48.0 Å². The second kappa shape index (κ2) is 10.0. The average molecular weight is 465 g/mol. The van der Waals surface area contributed by atoms with E-state index in [-0.39, 0.29) is 33.4 Å². The molecular formula is C21H20O4S4. The smallest absolute Gasteiger partial charge is 0.353 e. The van der Waals surface area contributed by atoms with E-state index in [4.69, 9.17) is 43.4 Å². The van der Waals surface area contributed by atoms with Gasteiger partial charge in [0.25, 0.3) is 0 Å². The Bertz CT molecular complexity index is 790. The lowest BCUT2D eigenvalue weighted by molar-refractivity contribution is 0.0485. The van der Waals surface area contributed by atoms with E-state index in [9.17, 15) is 0 Å². The Balaban J connectivity index is 1.49. The van der Waals surface area contributed by atoms with E-state index >= 15 is 0 Å². The summed E-state index contributed by atoms with van der Waals surface area (Å²) in [6.07, 6.45) is -0.913. The number of rotatable bonds is 8. The predicted molar refractivity (Wildman–Crippen MR) is 125 cm³/mol. The van der Waals surface area contributed by atoms with Crippen molar-refractivity contribution < 1.29 is 18.9 Å².